The highest BCUT2D eigenvalue weighted by molar-refractivity contribution is 5.34. The smallest absolute Gasteiger partial charge is 0.323 e. The maximum atomic E-state index is 9.45. The maximum Gasteiger partial charge on any atom is 0.323 e. The number of nitrogens with zero attached hydrogens (tertiary/aromatic N) is 3. The van der Waals surface area contributed by atoms with Gasteiger partial charge in [0.05, 0.1) is 12.7 Å². The number of nitrogens with one attached hydrogen (secondary N) is 2. The molecule has 0 bridgehead atoms. The standard InChI is InChI=1S/C10H20N6O2/c1-3-5-18-10-14-8(12-6-7(17)4-2)13-9(15-10)16-11/h7,17H,3-6,11H2,1-2H3,(H2,12,13,14,15,16). The number of anilines is 2. The first-order chi connectivity index (χ1) is 8.69. The Hall–Kier alpha value is -1.67. The Kier molecular flexibility index (Phi) is 6.09. The highest BCUT2D eigenvalue weighted by Gasteiger charge is 2.08. The fourth-order valence-electron chi connectivity index (χ4n) is 1.11. The summed E-state index contributed by atoms with van der Waals surface area (Å²) < 4.78 is 5.31. The summed E-state index contributed by atoms with van der Waals surface area (Å²) in [7, 11) is 0. The molecule has 1 aromatic heterocycles. The quantitative estimate of drug-likeness (QED) is 0.383. The van der Waals surface area contributed by atoms with E-state index in [0.717, 1.165) is 6.42 Å². The van der Waals surface area contributed by atoms with Gasteiger partial charge < -0.3 is 15.2 Å². The first-order valence-electron chi connectivity index (χ1n) is 5.97. The van der Waals surface area contributed by atoms with Crippen LogP contribution < -0.4 is 21.3 Å². The van der Waals surface area contributed by atoms with Crippen LogP contribution in [0, 0.1) is 0 Å². The zero-order valence-corrected chi connectivity index (χ0v) is 10.7. The number of ether oxygens (including phenoxy) is 1. The summed E-state index contributed by atoms with van der Waals surface area (Å²) in [5.41, 5.74) is 2.34. The Morgan fingerprint density at radius 2 is 2.00 bits per heavy atom. The van der Waals surface area contributed by atoms with Gasteiger partial charge in [0.15, 0.2) is 0 Å². The van der Waals surface area contributed by atoms with E-state index in [9.17, 15) is 5.11 Å². The average molecular weight is 256 g/mol. The van der Waals surface area contributed by atoms with Gasteiger partial charge >= 0.3 is 6.01 Å². The van der Waals surface area contributed by atoms with E-state index in [2.05, 4.69) is 25.7 Å². The molecule has 0 radical (unpaired) electrons. The monoisotopic (exact) mass is 256 g/mol. The number of hydrogen-bond acceptors (Lipinski definition) is 8. The summed E-state index contributed by atoms with van der Waals surface area (Å²) in [4.78, 5) is 12.0. The van der Waals surface area contributed by atoms with E-state index in [-0.39, 0.29) is 12.0 Å². The minimum Gasteiger partial charge on any atom is -0.463 e. The second-order valence-corrected chi connectivity index (χ2v) is 3.70. The van der Waals surface area contributed by atoms with Gasteiger partial charge in [0.25, 0.3) is 0 Å². The van der Waals surface area contributed by atoms with Gasteiger partial charge in [-0.05, 0) is 12.8 Å². The Labute approximate surface area is 106 Å². The van der Waals surface area contributed by atoms with Crippen molar-refractivity contribution in [1.82, 2.24) is 15.0 Å². The van der Waals surface area contributed by atoms with Crippen LogP contribution in [-0.2, 0) is 0 Å². The molecule has 1 rings (SSSR count). The largest absolute Gasteiger partial charge is 0.463 e. The minimum atomic E-state index is -0.448. The predicted molar refractivity (Wildman–Crippen MR) is 68.2 cm³/mol. The van der Waals surface area contributed by atoms with Crippen molar-refractivity contribution < 1.29 is 9.84 Å². The van der Waals surface area contributed by atoms with Crippen LogP contribution in [0.15, 0.2) is 0 Å². The number of rotatable bonds is 8. The maximum absolute atomic E-state index is 9.45. The molecular formula is C10H20N6O2. The number of aromatic nitrogens is 3. The van der Waals surface area contributed by atoms with E-state index < -0.39 is 6.10 Å². The average Bonchev–Trinajstić information content (AvgIpc) is 2.42. The third kappa shape index (κ3) is 4.68. The molecule has 1 aromatic rings. The second-order valence-electron chi connectivity index (χ2n) is 3.70. The van der Waals surface area contributed by atoms with Gasteiger partial charge in [-0.15, -0.1) is 0 Å². The molecule has 102 valence electrons. The molecule has 8 nitrogen and oxygen atoms in total. The zero-order chi connectivity index (χ0) is 13.4. The van der Waals surface area contributed by atoms with Crippen LogP contribution in [0.2, 0.25) is 0 Å². The topological polar surface area (TPSA) is 118 Å². The van der Waals surface area contributed by atoms with Crippen molar-refractivity contribution in [2.75, 3.05) is 23.9 Å². The number of hydrogen-bond donors (Lipinski definition) is 4. The second kappa shape index (κ2) is 7.62. The molecule has 18 heavy (non-hydrogen) atoms. The molecule has 0 saturated carbocycles. The van der Waals surface area contributed by atoms with E-state index in [1.54, 1.807) is 0 Å². The van der Waals surface area contributed by atoms with E-state index in [0.29, 0.717) is 25.5 Å². The lowest BCUT2D eigenvalue weighted by Gasteiger charge is -2.11. The van der Waals surface area contributed by atoms with Gasteiger partial charge in [0, 0.05) is 6.54 Å². The van der Waals surface area contributed by atoms with Crippen LogP contribution in [0.1, 0.15) is 26.7 Å². The molecule has 1 atom stereocenters. The molecule has 0 saturated heterocycles. The number of nitrogen functional groups attached to an aromatic ring is 1. The van der Waals surface area contributed by atoms with Crippen molar-refractivity contribution >= 4 is 11.9 Å². The van der Waals surface area contributed by atoms with E-state index >= 15 is 0 Å². The number of hydrazine groups is 1. The lowest BCUT2D eigenvalue weighted by atomic mass is 10.3. The van der Waals surface area contributed by atoms with Gasteiger partial charge in [0.1, 0.15) is 0 Å². The van der Waals surface area contributed by atoms with Crippen molar-refractivity contribution in [3.8, 4) is 6.01 Å². The van der Waals surface area contributed by atoms with E-state index in [1.807, 2.05) is 13.8 Å². The summed E-state index contributed by atoms with van der Waals surface area (Å²) in [6, 6.07) is 0.202. The SMILES string of the molecule is CCCOc1nc(NN)nc(NCC(O)CC)n1. The summed E-state index contributed by atoms with van der Waals surface area (Å²) in [6.45, 7) is 4.76. The van der Waals surface area contributed by atoms with Gasteiger partial charge in [-0.1, -0.05) is 13.8 Å². The van der Waals surface area contributed by atoms with Gasteiger partial charge in [-0.25, -0.2) is 5.84 Å². The van der Waals surface area contributed by atoms with E-state index in [1.165, 1.54) is 0 Å². The van der Waals surface area contributed by atoms with Crippen molar-refractivity contribution in [2.24, 2.45) is 5.84 Å². The Morgan fingerprint density at radius 1 is 1.28 bits per heavy atom. The van der Waals surface area contributed by atoms with Gasteiger partial charge in [0.2, 0.25) is 11.9 Å². The molecular weight excluding hydrogens is 236 g/mol. The Balaban J connectivity index is 2.70. The molecule has 0 amide bonds. The lowest BCUT2D eigenvalue weighted by molar-refractivity contribution is 0.183. The molecule has 0 fully saturated rings. The Morgan fingerprint density at radius 3 is 2.61 bits per heavy atom. The van der Waals surface area contributed by atoms with Crippen LogP contribution >= 0.6 is 0 Å². The Bertz CT molecular complexity index is 362. The lowest BCUT2D eigenvalue weighted by Crippen LogP contribution is -2.21. The number of nitrogens with two attached hydrogens (primary N) is 1. The molecule has 0 aliphatic heterocycles. The van der Waals surface area contributed by atoms with Crippen molar-refractivity contribution in [1.29, 1.82) is 0 Å². The number of aliphatic hydroxyl groups excluding tert-OH is 1. The summed E-state index contributed by atoms with van der Waals surface area (Å²) in [5, 5.41) is 12.4. The minimum absolute atomic E-state index is 0.202. The fraction of sp³-hybridized carbons (Fsp3) is 0.700. The van der Waals surface area contributed by atoms with Gasteiger partial charge in [-0.2, -0.15) is 15.0 Å². The summed E-state index contributed by atoms with van der Waals surface area (Å²) in [5.74, 6) is 5.79. The van der Waals surface area contributed by atoms with Crippen LogP contribution in [0.5, 0.6) is 6.01 Å². The van der Waals surface area contributed by atoms with E-state index in [4.69, 9.17) is 10.6 Å². The third-order valence-electron chi connectivity index (χ3n) is 2.15. The number of aliphatic hydroxyl groups is 1. The molecule has 0 spiro atoms. The van der Waals surface area contributed by atoms with Crippen LogP contribution in [0.25, 0.3) is 0 Å². The molecule has 1 unspecified atom stereocenters. The first-order valence-corrected chi connectivity index (χ1v) is 5.97. The molecule has 0 aliphatic rings. The summed E-state index contributed by atoms with van der Waals surface area (Å²) >= 11 is 0. The van der Waals surface area contributed by atoms with Crippen LogP contribution in [0.4, 0.5) is 11.9 Å². The van der Waals surface area contributed by atoms with Crippen molar-refractivity contribution in [3.63, 3.8) is 0 Å². The van der Waals surface area contributed by atoms with Crippen LogP contribution in [0.3, 0.4) is 0 Å². The third-order valence-corrected chi connectivity index (χ3v) is 2.15. The molecule has 0 aromatic carbocycles. The normalized spacial score (nSPS) is 12.0. The van der Waals surface area contributed by atoms with Crippen molar-refractivity contribution in [3.05, 3.63) is 0 Å². The van der Waals surface area contributed by atoms with Crippen LogP contribution in [-0.4, -0.2) is 39.3 Å². The highest BCUT2D eigenvalue weighted by atomic mass is 16.5. The zero-order valence-electron chi connectivity index (χ0n) is 10.7. The highest BCUT2D eigenvalue weighted by Crippen LogP contribution is 2.10. The van der Waals surface area contributed by atoms with Crippen molar-refractivity contribution in [2.45, 2.75) is 32.8 Å². The molecule has 1 heterocycles. The first kappa shape index (κ1) is 14.4. The molecule has 8 heteroatoms. The molecule has 0 aliphatic carbocycles. The van der Waals surface area contributed by atoms with Gasteiger partial charge in [-0.3, -0.25) is 5.43 Å². The summed E-state index contributed by atoms with van der Waals surface area (Å²) in [6.07, 6.45) is 1.06. The fourth-order valence-corrected chi connectivity index (χ4v) is 1.11. The predicted octanol–water partition coefficient (Wildman–Crippen LogP) is 0.129. The molecule has 5 N–H and O–H groups in total.